The van der Waals surface area contributed by atoms with Crippen LogP contribution in [-0.4, -0.2) is 32.2 Å². The van der Waals surface area contributed by atoms with Gasteiger partial charge in [-0.1, -0.05) is 36.4 Å². The molecule has 1 amide bonds. The first-order valence-corrected chi connectivity index (χ1v) is 9.31. The van der Waals surface area contributed by atoms with Crippen LogP contribution < -0.4 is 19.7 Å². The molecule has 0 bridgehead atoms. The minimum atomic E-state index is -0.176. The Bertz CT molecular complexity index is 943. The minimum Gasteiger partial charge on any atom is -0.493 e. The molecule has 0 saturated carbocycles. The molecule has 29 heavy (non-hydrogen) atoms. The molecule has 1 aromatic heterocycles. The maximum atomic E-state index is 12.4. The van der Waals surface area contributed by atoms with Crippen molar-refractivity contribution in [2.45, 2.75) is 13.1 Å². The van der Waals surface area contributed by atoms with Crippen molar-refractivity contribution in [1.29, 1.82) is 0 Å². The van der Waals surface area contributed by atoms with Crippen LogP contribution >= 0.6 is 0 Å². The number of aromatic nitrogens is 1. The second-order valence-electron chi connectivity index (χ2n) is 6.62. The largest absolute Gasteiger partial charge is 0.493 e. The Morgan fingerprint density at radius 3 is 2.38 bits per heavy atom. The Hall–Kier alpha value is -3.54. The fraction of sp³-hybridized carbons (Fsp3) is 0.217. The van der Waals surface area contributed by atoms with Gasteiger partial charge in [-0.05, 0) is 35.4 Å². The number of pyridine rings is 1. The average molecular weight is 391 g/mol. The van der Waals surface area contributed by atoms with Gasteiger partial charge in [-0.15, -0.1) is 0 Å². The fourth-order valence-corrected chi connectivity index (χ4v) is 2.96. The number of hydrogen-bond acceptors (Lipinski definition) is 5. The first-order valence-electron chi connectivity index (χ1n) is 9.31. The maximum absolute atomic E-state index is 12.4. The Balaban J connectivity index is 1.59. The SMILES string of the molecule is COc1ccc(CNC(=O)c2ccc(N(C)Cc3ccccc3)nc2)cc1OC. The van der Waals surface area contributed by atoms with Crippen molar-refractivity contribution >= 4 is 11.7 Å². The lowest BCUT2D eigenvalue weighted by molar-refractivity contribution is 0.0950. The molecule has 6 heteroatoms. The third kappa shape index (κ3) is 5.25. The van der Waals surface area contributed by atoms with Crippen molar-refractivity contribution in [2.75, 3.05) is 26.2 Å². The summed E-state index contributed by atoms with van der Waals surface area (Å²) >= 11 is 0. The molecule has 3 aromatic rings. The van der Waals surface area contributed by atoms with E-state index in [4.69, 9.17) is 9.47 Å². The smallest absolute Gasteiger partial charge is 0.253 e. The summed E-state index contributed by atoms with van der Waals surface area (Å²) in [7, 11) is 5.15. The lowest BCUT2D eigenvalue weighted by Crippen LogP contribution is -2.23. The third-order valence-corrected chi connectivity index (χ3v) is 4.56. The second-order valence-corrected chi connectivity index (χ2v) is 6.62. The molecule has 0 aliphatic rings. The van der Waals surface area contributed by atoms with E-state index >= 15 is 0 Å². The first kappa shape index (κ1) is 20.2. The summed E-state index contributed by atoms with van der Waals surface area (Å²) in [5.41, 5.74) is 2.64. The van der Waals surface area contributed by atoms with Gasteiger partial charge in [0.2, 0.25) is 0 Å². The molecule has 0 radical (unpaired) electrons. The van der Waals surface area contributed by atoms with Crippen LogP contribution in [-0.2, 0) is 13.1 Å². The second kappa shape index (κ2) is 9.59. The van der Waals surface area contributed by atoms with E-state index in [2.05, 4.69) is 22.4 Å². The molecule has 0 saturated heterocycles. The summed E-state index contributed by atoms with van der Waals surface area (Å²) in [6.45, 7) is 1.13. The molecule has 150 valence electrons. The zero-order valence-corrected chi connectivity index (χ0v) is 16.9. The number of carbonyl (C=O) groups is 1. The molecule has 0 unspecified atom stereocenters. The van der Waals surface area contributed by atoms with Gasteiger partial charge in [0, 0.05) is 26.3 Å². The summed E-state index contributed by atoms with van der Waals surface area (Å²) in [6, 6.07) is 19.4. The average Bonchev–Trinajstić information content (AvgIpc) is 2.78. The van der Waals surface area contributed by atoms with Gasteiger partial charge in [-0.25, -0.2) is 4.98 Å². The molecule has 1 N–H and O–H groups in total. The molecule has 2 aromatic carbocycles. The standard InChI is InChI=1S/C23H25N3O3/c1-26(16-17-7-5-4-6-8-17)22-12-10-19(15-24-22)23(27)25-14-18-9-11-20(28-2)21(13-18)29-3/h4-13,15H,14,16H2,1-3H3,(H,25,27). The summed E-state index contributed by atoms with van der Waals surface area (Å²) in [6.07, 6.45) is 1.60. The van der Waals surface area contributed by atoms with Gasteiger partial charge in [0.25, 0.3) is 5.91 Å². The number of ether oxygens (including phenoxy) is 2. The number of methoxy groups -OCH3 is 2. The lowest BCUT2D eigenvalue weighted by atomic mass is 10.2. The molecule has 3 rings (SSSR count). The highest BCUT2D eigenvalue weighted by Gasteiger charge is 2.10. The van der Waals surface area contributed by atoms with E-state index < -0.39 is 0 Å². The molecule has 0 aliphatic carbocycles. The van der Waals surface area contributed by atoms with Crippen molar-refractivity contribution in [3.8, 4) is 11.5 Å². The fourth-order valence-electron chi connectivity index (χ4n) is 2.96. The molecule has 0 fully saturated rings. The van der Waals surface area contributed by atoms with Crippen molar-refractivity contribution in [3.05, 3.63) is 83.6 Å². The summed E-state index contributed by atoms with van der Waals surface area (Å²) in [5, 5.41) is 2.90. The van der Waals surface area contributed by atoms with Crippen LogP contribution in [0.15, 0.2) is 66.9 Å². The van der Waals surface area contributed by atoms with E-state index in [1.54, 1.807) is 26.5 Å². The van der Waals surface area contributed by atoms with Gasteiger partial charge in [0.05, 0.1) is 19.8 Å². The van der Waals surface area contributed by atoms with E-state index in [-0.39, 0.29) is 5.91 Å². The van der Waals surface area contributed by atoms with Gasteiger partial charge in [0.15, 0.2) is 11.5 Å². The van der Waals surface area contributed by atoms with E-state index in [0.717, 1.165) is 17.9 Å². The van der Waals surface area contributed by atoms with E-state index in [1.165, 1.54) is 5.56 Å². The van der Waals surface area contributed by atoms with Crippen molar-refractivity contribution in [3.63, 3.8) is 0 Å². The summed E-state index contributed by atoms with van der Waals surface area (Å²) in [4.78, 5) is 18.9. The molecule has 6 nitrogen and oxygen atoms in total. The van der Waals surface area contributed by atoms with Crippen LogP contribution in [0.25, 0.3) is 0 Å². The van der Waals surface area contributed by atoms with Crippen LogP contribution in [0.5, 0.6) is 11.5 Å². The quantitative estimate of drug-likeness (QED) is 0.635. The number of benzene rings is 2. The zero-order valence-electron chi connectivity index (χ0n) is 16.9. The summed E-state index contributed by atoms with van der Waals surface area (Å²) < 4.78 is 10.5. The first-order chi connectivity index (χ1) is 14.1. The number of carbonyl (C=O) groups excluding carboxylic acids is 1. The predicted octanol–water partition coefficient (Wildman–Crippen LogP) is 3.67. The highest BCUT2D eigenvalue weighted by Crippen LogP contribution is 2.27. The Morgan fingerprint density at radius 2 is 1.72 bits per heavy atom. The molecule has 0 atom stereocenters. The highest BCUT2D eigenvalue weighted by molar-refractivity contribution is 5.94. The maximum Gasteiger partial charge on any atom is 0.253 e. The topological polar surface area (TPSA) is 63.7 Å². The van der Waals surface area contributed by atoms with Gasteiger partial charge in [-0.2, -0.15) is 0 Å². The Morgan fingerprint density at radius 1 is 0.966 bits per heavy atom. The lowest BCUT2D eigenvalue weighted by Gasteiger charge is -2.18. The van der Waals surface area contributed by atoms with Crippen LogP contribution in [0.1, 0.15) is 21.5 Å². The highest BCUT2D eigenvalue weighted by atomic mass is 16.5. The van der Waals surface area contributed by atoms with Crippen molar-refractivity contribution in [2.24, 2.45) is 0 Å². The van der Waals surface area contributed by atoms with Gasteiger partial charge >= 0.3 is 0 Å². The summed E-state index contributed by atoms with van der Waals surface area (Å²) in [5.74, 6) is 1.92. The van der Waals surface area contributed by atoms with Crippen LogP contribution in [0.2, 0.25) is 0 Å². The minimum absolute atomic E-state index is 0.176. The number of nitrogens with zero attached hydrogens (tertiary/aromatic N) is 2. The molecule has 1 heterocycles. The van der Waals surface area contributed by atoms with Crippen molar-refractivity contribution < 1.29 is 14.3 Å². The van der Waals surface area contributed by atoms with E-state index in [9.17, 15) is 4.79 Å². The van der Waals surface area contributed by atoms with Gasteiger partial charge in [0.1, 0.15) is 5.82 Å². The van der Waals surface area contributed by atoms with Crippen LogP contribution in [0.4, 0.5) is 5.82 Å². The molecule has 0 aliphatic heterocycles. The zero-order chi connectivity index (χ0) is 20.6. The number of nitrogens with one attached hydrogen (secondary N) is 1. The normalized spacial score (nSPS) is 10.3. The van der Waals surface area contributed by atoms with Crippen molar-refractivity contribution in [1.82, 2.24) is 10.3 Å². The van der Waals surface area contributed by atoms with Crippen LogP contribution in [0, 0.1) is 0 Å². The predicted molar refractivity (Wildman–Crippen MR) is 114 cm³/mol. The molecular weight excluding hydrogens is 366 g/mol. The molecular formula is C23H25N3O3. The monoisotopic (exact) mass is 391 g/mol. The number of rotatable bonds is 8. The Kier molecular flexibility index (Phi) is 6.68. The molecule has 0 spiro atoms. The number of amides is 1. The number of hydrogen-bond donors (Lipinski definition) is 1. The van der Waals surface area contributed by atoms with E-state index in [0.29, 0.717) is 23.6 Å². The third-order valence-electron chi connectivity index (χ3n) is 4.56. The van der Waals surface area contributed by atoms with E-state index in [1.807, 2.05) is 54.4 Å². The Labute approximate surface area is 171 Å². The van der Waals surface area contributed by atoms with Crippen LogP contribution in [0.3, 0.4) is 0 Å². The van der Waals surface area contributed by atoms with Gasteiger partial charge in [-0.3, -0.25) is 4.79 Å². The number of anilines is 1. The van der Waals surface area contributed by atoms with Gasteiger partial charge < -0.3 is 19.7 Å².